The Morgan fingerprint density at radius 1 is 1.31 bits per heavy atom. The minimum atomic E-state index is -2.95. The van der Waals surface area contributed by atoms with Gasteiger partial charge in [-0.1, -0.05) is 18.2 Å². The van der Waals surface area contributed by atoms with Gasteiger partial charge < -0.3 is 20.3 Å². The topological polar surface area (TPSA) is 83.0 Å². The van der Waals surface area contributed by atoms with E-state index in [0.717, 1.165) is 26.3 Å². The zero-order valence-electron chi connectivity index (χ0n) is 15.9. The summed E-state index contributed by atoms with van der Waals surface area (Å²) in [6.45, 7) is 5.90. The fourth-order valence-corrected chi connectivity index (χ4v) is 3.62. The van der Waals surface area contributed by atoms with Crippen LogP contribution < -0.4 is 15.5 Å². The highest BCUT2D eigenvalue weighted by Crippen LogP contribution is 2.21. The van der Waals surface area contributed by atoms with Gasteiger partial charge in [0.05, 0.1) is 19.0 Å². The minimum absolute atomic E-state index is 0.0189. The highest BCUT2D eigenvalue weighted by molar-refractivity contribution is 7.90. The largest absolute Gasteiger partial charge is 0.378 e. The second-order valence-corrected chi connectivity index (χ2v) is 8.88. The number of morpholine rings is 1. The molecule has 1 aromatic rings. The van der Waals surface area contributed by atoms with Crippen LogP contribution in [0.15, 0.2) is 29.3 Å². The minimum Gasteiger partial charge on any atom is -0.378 e. The molecule has 0 bridgehead atoms. The molecule has 1 aromatic carbocycles. The van der Waals surface area contributed by atoms with Crippen molar-refractivity contribution in [1.82, 2.24) is 10.6 Å². The van der Waals surface area contributed by atoms with E-state index in [4.69, 9.17) is 4.74 Å². The first-order valence-corrected chi connectivity index (χ1v) is 11.0. The standard InChI is InChI=1S/C18H30N4O3S/c1-15(8-13-26(3,23)24)21-18(19-2)20-14-16-6-4-5-7-17(16)22-9-11-25-12-10-22/h4-7,15H,8-14H2,1-3H3,(H2,19,20,21). The molecule has 0 amide bonds. The van der Waals surface area contributed by atoms with Gasteiger partial charge in [-0.15, -0.1) is 0 Å². The summed E-state index contributed by atoms with van der Waals surface area (Å²) in [7, 11) is -1.24. The van der Waals surface area contributed by atoms with E-state index in [1.165, 1.54) is 17.5 Å². The molecule has 7 nitrogen and oxygen atoms in total. The van der Waals surface area contributed by atoms with Gasteiger partial charge >= 0.3 is 0 Å². The summed E-state index contributed by atoms with van der Waals surface area (Å²) in [5.41, 5.74) is 2.41. The van der Waals surface area contributed by atoms with Gasteiger partial charge in [-0.3, -0.25) is 4.99 Å². The van der Waals surface area contributed by atoms with Crippen molar-refractivity contribution >= 4 is 21.5 Å². The van der Waals surface area contributed by atoms with E-state index in [1.54, 1.807) is 7.05 Å². The highest BCUT2D eigenvalue weighted by atomic mass is 32.2. The predicted octanol–water partition coefficient (Wildman–Crippen LogP) is 1.01. The van der Waals surface area contributed by atoms with Crippen molar-refractivity contribution in [1.29, 1.82) is 0 Å². The average Bonchev–Trinajstić information content (AvgIpc) is 2.64. The third kappa shape index (κ3) is 6.84. The number of hydrogen-bond donors (Lipinski definition) is 2. The summed E-state index contributed by atoms with van der Waals surface area (Å²) < 4.78 is 28.0. The van der Waals surface area contributed by atoms with Crippen LogP contribution in [0.3, 0.4) is 0 Å². The van der Waals surface area contributed by atoms with Crippen LogP contribution in [0.5, 0.6) is 0 Å². The van der Waals surface area contributed by atoms with Gasteiger partial charge in [-0.05, 0) is 25.0 Å². The Hall–Kier alpha value is -1.80. The van der Waals surface area contributed by atoms with Gasteiger partial charge in [0.25, 0.3) is 0 Å². The number of benzene rings is 1. The van der Waals surface area contributed by atoms with E-state index < -0.39 is 9.84 Å². The van der Waals surface area contributed by atoms with Crippen LogP contribution in [-0.4, -0.2) is 65.8 Å². The van der Waals surface area contributed by atoms with Crippen molar-refractivity contribution in [2.24, 2.45) is 4.99 Å². The molecule has 26 heavy (non-hydrogen) atoms. The Balaban J connectivity index is 1.92. The van der Waals surface area contributed by atoms with E-state index in [9.17, 15) is 8.42 Å². The van der Waals surface area contributed by atoms with Crippen LogP contribution >= 0.6 is 0 Å². The fourth-order valence-electron chi connectivity index (χ4n) is 2.84. The fraction of sp³-hybridized carbons (Fsp3) is 0.611. The molecule has 146 valence electrons. The zero-order valence-corrected chi connectivity index (χ0v) is 16.7. The normalized spacial score (nSPS) is 17.0. The van der Waals surface area contributed by atoms with Gasteiger partial charge in [0.2, 0.25) is 0 Å². The third-order valence-electron chi connectivity index (χ3n) is 4.32. The first-order valence-electron chi connectivity index (χ1n) is 8.94. The molecule has 2 rings (SSSR count). The Labute approximate surface area is 156 Å². The first-order chi connectivity index (χ1) is 12.4. The summed E-state index contributed by atoms with van der Waals surface area (Å²) in [4.78, 5) is 6.58. The van der Waals surface area contributed by atoms with Crippen molar-refractivity contribution in [3.05, 3.63) is 29.8 Å². The highest BCUT2D eigenvalue weighted by Gasteiger charge is 2.15. The lowest BCUT2D eigenvalue weighted by molar-refractivity contribution is 0.122. The van der Waals surface area contributed by atoms with Gasteiger partial charge in [0.15, 0.2) is 5.96 Å². The third-order valence-corrected chi connectivity index (χ3v) is 5.30. The van der Waals surface area contributed by atoms with E-state index in [-0.39, 0.29) is 11.8 Å². The monoisotopic (exact) mass is 382 g/mol. The molecule has 1 unspecified atom stereocenters. The lowest BCUT2D eigenvalue weighted by Gasteiger charge is -2.30. The second kappa shape index (κ2) is 9.78. The van der Waals surface area contributed by atoms with Crippen LogP contribution in [0.4, 0.5) is 5.69 Å². The Morgan fingerprint density at radius 2 is 2.00 bits per heavy atom. The van der Waals surface area contributed by atoms with Gasteiger partial charge in [0.1, 0.15) is 9.84 Å². The molecular formula is C18H30N4O3S. The quantitative estimate of drug-likeness (QED) is 0.541. The number of nitrogens with one attached hydrogen (secondary N) is 2. The van der Waals surface area contributed by atoms with Crippen LogP contribution in [0.2, 0.25) is 0 Å². The maximum Gasteiger partial charge on any atom is 0.191 e. The Bertz CT molecular complexity index is 700. The summed E-state index contributed by atoms with van der Waals surface area (Å²) in [5, 5.41) is 6.57. The summed E-state index contributed by atoms with van der Waals surface area (Å²) >= 11 is 0. The number of sulfone groups is 1. The smallest absolute Gasteiger partial charge is 0.191 e. The summed E-state index contributed by atoms with van der Waals surface area (Å²) in [6, 6.07) is 8.34. The zero-order chi connectivity index (χ0) is 19.0. The number of aliphatic imine (C=N–C) groups is 1. The molecule has 1 aliphatic heterocycles. The molecule has 8 heteroatoms. The van der Waals surface area contributed by atoms with E-state index in [2.05, 4.69) is 38.7 Å². The molecular weight excluding hydrogens is 352 g/mol. The number of nitrogens with zero attached hydrogens (tertiary/aromatic N) is 2. The van der Waals surface area contributed by atoms with E-state index in [1.807, 2.05) is 13.0 Å². The van der Waals surface area contributed by atoms with Crippen molar-refractivity contribution in [3.63, 3.8) is 0 Å². The molecule has 1 fully saturated rings. The second-order valence-electron chi connectivity index (χ2n) is 6.62. The lowest BCUT2D eigenvalue weighted by atomic mass is 10.1. The number of hydrogen-bond acceptors (Lipinski definition) is 5. The summed E-state index contributed by atoms with van der Waals surface area (Å²) in [5.74, 6) is 0.834. The number of rotatable bonds is 7. The Morgan fingerprint density at radius 3 is 2.65 bits per heavy atom. The first kappa shape index (κ1) is 20.5. The molecule has 0 radical (unpaired) electrons. The van der Waals surface area contributed by atoms with Crippen molar-refractivity contribution in [2.75, 3.05) is 50.3 Å². The number of anilines is 1. The predicted molar refractivity (Wildman–Crippen MR) is 107 cm³/mol. The maximum atomic E-state index is 11.3. The van der Waals surface area contributed by atoms with Crippen LogP contribution in [0.1, 0.15) is 18.9 Å². The molecule has 0 aliphatic carbocycles. The number of guanidine groups is 1. The van der Waals surface area contributed by atoms with Crippen LogP contribution in [-0.2, 0) is 21.1 Å². The molecule has 0 spiro atoms. The number of ether oxygens (including phenoxy) is 1. The summed E-state index contributed by atoms with van der Waals surface area (Å²) in [6.07, 6.45) is 1.80. The van der Waals surface area contributed by atoms with E-state index >= 15 is 0 Å². The maximum absolute atomic E-state index is 11.3. The molecule has 1 atom stereocenters. The lowest BCUT2D eigenvalue weighted by Crippen LogP contribution is -2.43. The molecule has 0 saturated carbocycles. The van der Waals surface area contributed by atoms with Gasteiger partial charge in [-0.2, -0.15) is 0 Å². The number of para-hydroxylation sites is 1. The Kier molecular flexibility index (Phi) is 7.71. The van der Waals surface area contributed by atoms with Crippen LogP contribution in [0.25, 0.3) is 0 Å². The van der Waals surface area contributed by atoms with E-state index in [0.29, 0.717) is 18.9 Å². The molecule has 1 saturated heterocycles. The van der Waals surface area contributed by atoms with Gasteiger partial charge in [0, 0.05) is 44.7 Å². The average molecular weight is 383 g/mol. The van der Waals surface area contributed by atoms with Crippen molar-refractivity contribution in [2.45, 2.75) is 25.9 Å². The van der Waals surface area contributed by atoms with Crippen molar-refractivity contribution in [3.8, 4) is 0 Å². The molecule has 0 aromatic heterocycles. The molecule has 2 N–H and O–H groups in total. The van der Waals surface area contributed by atoms with Gasteiger partial charge in [-0.25, -0.2) is 8.42 Å². The molecule has 1 heterocycles. The van der Waals surface area contributed by atoms with Crippen LogP contribution in [0, 0.1) is 0 Å². The SMILES string of the molecule is CN=C(NCc1ccccc1N1CCOCC1)NC(C)CCS(C)(=O)=O. The molecule has 1 aliphatic rings. The van der Waals surface area contributed by atoms with Crippen molar-refractivity contribution < 1.29 is 13.2 Å².